The number of carbonyl (C=O) groups is 1. The molecule has 7 nitrogen and oxygen atoms in total. The average molecular weight is 380 g/mol. The van der Waals surface area contributed by atoms with Crippen molar-refractivity contribution >= 4 is 22.9 Å². The lowest BCUT2D eigenvalue weighted by atomic mass is 10.2. The van der Waals surface area contributed by atoms with Crippen molar-refractivity contribution in [1.29, 1.82) is 0 Å². The summed E-state index contributed by atoms with van der Waals surface area (Å²) in [5, 5.41) is 7.31. The SMILES string of the molecule is CC(C)Cn1cc(-c2ccc(C(=O)NCc3cn4ccnc4cn3)s2)cn1. The molecule has 1 N–H and O–H groups in total. The first-order chi connectivity index (χ1) is 13.1. The minimum atomic E-state index is -0.103. The summed E-state index contributed by atoms with van der Waals surface area (Å²) >= 11 is 1.46. The van der Waals surface area contributed by atoms with Crippen molar-refractivity contribution in [2.45, 2.75) is 26.9 Å². The topological polar surface area (TPSA) is 77.1 Å². The van der Waals surface area contributed by atoms with Crippen molar-refractivity contribution < 1.29 is 4.79 Å². The van der Waals surface area contributed by atoms with E-state index >= 15 is 0 Å². The molecule has 0 aromatic carbocycles. The number of thiophene rings is 1. The molecule has 0 aliphatic heterocycles. The van der Waals surface area contributed by atoms with Crippen molar-refractivity contribution in [2.75, 3.05) is 0 Å². The molecule has 0 bridgehead atoms. The molecule has 0 aliphatic carbocycles. The molecule has 4 aromatic heterocycles. The molecule has 0 aliphatic rings. The minimum Gasteiger partial charge on any atom is -0.346 e. The maximum atomic E-state index is 12.5. The number of aromatic nitrogens is 5. The second-order valence-corrected chi connectivity index (χ2v) is 7.85. The standard InChI is InChI=1S/C19H20N6OS/c1-13(2)10-25-11-14(7-23-25)16-3-4-17(27-16)19(26)22-8-15-12-24-6-5-20-18(24)9-21-15/h3-7,9,11-13H,8,10H2,1-2H3,(H,22,26). The third kappa shape index (κ3) is 3.90. The number of imidazole rings is 1. The molecule has 0 saturated carbocycles. The second-order valence-electron chi connectivity index (χ2n) is 6.76. The molecular weight excluding hydrogens is 360 g/mol. The van der Waals surface area contributed by atoms with Crippen LogP contribution >= 0.6 is 11.3 Å². The van der Waals surface area contributed by atoms with Gasteiger partial charge in [-0.25, -0.2) is 4.98 Å². The van der Waals surface area contributed by atoms with Crippen LogP contribution < -0.4 is 5.32 Å². The summed E-state index contributed by atoms with van der Waals surface area (Å²) in [6, 6.07) is 3.81. The molecule has 0 unspecified atom stereocenters. The number of fused-ring (bicyclic) bond motifs is 1. The zero-order chi connectivity index (χ0) is 18.8. The summed E-state index contributed by atoms with van der Waals surface area (Å²) in [4.78, 5) is 22.6. The Balaban J connectivity index is 1.41. The van der Waals surface area contributed by atoms with Crippen LogP contribution in [0.5, 0.6) is 0 Å². The van der Waals surface area contributed by atoms with E-state index in [1.807, 2.05) is 46.0 Å². The van der Waals surface area contributed by atoms with E-state index < -0.39 is 0 Å². The van der Waals surface area contributed by atoms with E-state index in [2.05, 4.69) is 34.2 Å². The average Bonchev–Trinajstić information content (AvgIpc) is 3.38. The number of hydrogen-bond acceptors (Lipinski definition) is 5. The molecule has 1 amide bonds. The second kappa shape index (κ2) is 7.32. The lowest BCUT2D eigenvalue weighted by Gasteiger charge is -2.04. The van der Waals surface area contributed by atoms with Gasteiger partial charge in [-0.05, 0) is 18.1 Å². The van der Waals surface area contributed by atoms with Gasteiger partial charge in [0.2, 0.25) is 0 Å². The Morgan fingerprint density at radius 3 is 2.96 bits per heavy atom. The van der Waals surface area contributed by atoms with Gasteiger partial charge >= 0.3 is 0 Å². The van der Waals surface area contributed by atoms with Gasteiger partial charge in [-0.2, -0.15) is 5.10 Å². The van der Waals surface area contributed by atoms with E-state index in [9.17, 15) is 4.79 Å². The molecule has 4 aromatic rings. The number of nitrogens with one attached hydrogen (secondary N) is 1. The Bertz CT molecular complexity index is 1080. The molecule has 0 fully saturated rings. The molecule has 0 spiro atoms. The highest BCUT2D eigenvalue weighted by atomic mass is 32.1. The van der Waals surface area contributed by atoms with Crippen LogP contribution in [-0.4, -0.2) is 30.1 Å². The fraction of sp³-hybridized carbons (Fsp3) is 0.263. The van der Waals surface area contributed by atoms with Gasteiger partial charge in [0.05, 0.1) is 29.5 Å². The molecule has 0 saturated heterocycles. The zero-order valence-electron chi connectivity index (χ0n) is 15.2. The highest BCUT2D eigenvalue weighted by Gasteiger charge is 2.12. The van der Waals surface area contributed by atoms with Crippen LogP contribution in [0.25, 0.3) is 16.1 Å². The minimum absolute atomic E-state index is 0.103. The van der Waals surface area contributed by atoms with E-state index in [0.29, 0.717) is 17.3 Å². The largest absolute Gasteiger partial charge is 0.346 e. The van der Waals surface area contributed by atoms with Crippen LogP contribution in [0.3, 0.4) is 0 Å². The summed E-state index contributed by atoms with van der Waals surface area (Å²) in [5.41, 5.74) is 2.60. The summed E-state index contributed by atoms with van der Waals surface area (Å²) in [7, 11) is 0. The maximum absolute atomic E-state index is 12.5. The molecule has 4 rings (SSSR count). The van der Waals surface area contributed by atoms with Crippen molar-refractivity contribution in [3.05, 3.63) is 59.9 Å². The highest BCUT2D eigenvalue weighted by molar-refractivity contribution is 7.17. The third-order valence-corrected chi connectivity index (χ3v) is 5.20. The molecule has 0 atom stereocenters. The summed E-state index contributed by atoms with van der Waals surface area (Å²) in [6.45, 7) is 5.57. The fourth-order valence-electron chi connectivity index (χ4n) is 2.80. The number of carbonyl (C=O) groups excluding carboxylic acids is 1. The lowest BCUT2D eigenvalue weighted by molar-refractivity contribution is 0.0954. The van der Waals surface area contributed by atoms with Crippen molar-refractivity contribution in [3.8, 4) is 10.4 Å². The number of rotatable bonds is 6. The lowest BCUT2D eigenvalue weighted by Crippen LogP contribution is -2.22. The first-order valence-electron chi connectivity index (χ1n) is 8.77. The molecule has 27 heavy (non-hydrogen) atoms. The highest BCUT2D eigenvalue weighted by Crippen LogP contribution is 2.28. The van der Waals surface area contributed by atoms with Crippen LogP contribution in [0.4, 0.5) is 0 Å². The molecule has 8 heteroatoms. The van der Waals surface area contributed by atoms with Gasteiger partial charge in [0, 0.05) is 41.8 Å². The van der Waals surface area contributed by atoms with Crippen LogP contribution in [0.1, 0.15) is 29.2 Å². The zero-order valence-corrected chi connectivity index (χ0v) is 16.0. The summed E-state index contributed by atoms with van der Waals surface area (Å²) in [5.74, 6) is 0.436. The Kier molecular flexibility index (Phi) is 4.72. The van der Waals surface area contributed by atoms with Crippen molar-refractivity contribution in [1.82, 2.24) is 29.5 Å². The molecular formula is C19H20N6OS. The Hall–Kier alpha value is -3.00. The number of amides is 1. The quantitative estimate of drug-likeness (QED) is 0.557. The fourth-order valence-corrected chi connectivity index (χ4v) is 3.69. The van der Waals surface area contributed by atoms with Gasteiger partial charge < -0.3 is 9.72 Å². The van der Waals surface area contributed by atoms with Crippen molar-refractivity contribution in [2.24, 2.45) is 5.92 Å². The molecule has 4 heterocycles. The molecule has 0 radical (unpaired) electrons. The van der Waals surface area contributed by atoms with Gasteiger partial charge in [0.15, 0.2) is 5.65 Å². The summed E-state index contributed by atoms with van der Waals surface area (Å²) in [6.07, 6.45) is 11.0. The predicted molar refractivity (Wildman–Crippen MR) is 105 cm³/mol. The first-order valence-corrected chi connectivity index (χ1v) is 9.58. The van der Waals surface area contributed by atoms with Crippen LogP contribution in [0, 0.1) is 5.92 Å². The van der Waals surface area contributed by atoms with Gasteiger partial charge in [0.1, 0.15) is 0 Å². The van der Waals surface area contributed by atoms with E-state index in [1.54, 1.807) is 12.4 Å². The molecule has 138 valence electrons. The third-order valence-electron chi connectivity index (χ3n) is 4.06. The van der Waals surface area contributed by atoms with Gasteiger partial charge in [-0.15, -0.1) is 11.3 Å². The van der Waals surface area contributed by atoms with Crippen LogP contribution in [0.2, 0.25) is 0 Å². The van der Waals surface area contributed by atoms with Crippen molar-refractivity contribution in [3.63, 3.8) is 0 Å². The van der Waals surface area contributed by atoms with Gasteiger partial charge in [-0.3, -0.25) is 14.5 Å². The Morgan fingerprint density at radius 1 is 1.22 bits per heavy atom. The van der Waals surface area contributed by atoms with Crippen LogP contribution in [0.15, 0.2) is 49.3 Å². The Labute approximate surface area is 160 Å². The first kappa shape index (κ1) is 17.4. The number of nitrogens with zero attached hydrogens (tertiary/aromatic N) is 5. The van der Waals surface area contributed by atoms with E-state index in [-0.39, 0.29) is 5.91 Å². The van der Waals surface area contributed by atoms with Gasteiger partial charge in [-0.1, -0.05) is 13.8 Å². The smallest absolute Gasteiger partial charge is 0.261 e. The normalized spacial score (nSPS) is 11.4. The van der Waals surface area contributed by atoms with E-state index in [4.69, 9.17) is 0 Å². The van der Waals surface area contributed by atoms with E-state index in [1.165, 1.54) is 11.3 Å². The Morgan fingerprint density at radius 2 is 2.11 bits per heavy atom. The predicted octanol–water partition coefficient (Wildman–Crippen LogP) is 3.24. The summed E-state index contributed by atoms with van der Waals surface area (Å²) < 4.78 is 3.82. The maximum Gasteiger partial charge on any atom is 0.261 e. The van der Waals surface area contributed by atoms with Gasteiger partial charge in [0.25, 0.3) is 5.91 Å². The van der Waals surface area contributed by atoms with E-state index in [0.717, 1.165) is 28.3 Å². The monoisotopic (exact) mass is 380 g/mol. The van der Waals surface area contributed by atoms with Crippen LogP contribution in [-0.2, 0) is 13.1 Å². The number of hydrogen-bond donors (Lipinski definition) is 1.